The van der Waals surface area contributed by atoms with Gasteiger partial charge in [0, 0.05) is 18.3 Å². The maximum atomic E-state index is 3.57. The molecule has 21 heavy (non-hydrogen) atoms. The fourth-order valence-corrected chi connectivity index (χ4v) is 2.90. The van der Waals surface area contributed by atoms with Crippen LogP contribution in [-0.4, -0.2) is 11.5 Å². The van der Waals surface area contributed by atoms with E-state index >= 15 is 0 Å². The average molecular weight is 286 g/mol. The van der Waals surface area contributed by atoms with E-state index in [-0.39, 0.29) is 0 Å². The minimum atomic E-state index is 0.967. The third kappa shape index (κ3) is 5.55. The number of rotatable bonds is 11. The van der Waals surface area contributed by atoms with E-state index in [0.29, 0.717) is 0 Å². The van der Waals surface area contributed by atoms with E-state index in [1.807, 2.05) is 6.20 Å². The molecule has 0 unspecified atom stereocenters. The summed E-state index contributed by atoms with van der Waals surface area (Å²) in [5.41, 5.74) is 2.65. The van der Waals surface area contributed by atoms with Crippen molar-refractivity contribution in [3.63, 3.8) is 0 Å². The van der Waals surface area contributed by atoms with Gasteiger partial charge in [-0.25, -0.2) is 0 Å². The summed E-state index contributed by atoms with van der Waals surface area (Å²) in [5.74, 6) is 0. The van der Waals surface area contributed by atoms with Crippen molar-refractivity contribution in [2.24, 2.45) is 0 Å². The summed E-state index contributed by atoms with van der Waals surface area (Å²) < 4.78 is 0. The first-order valence-corrected chi connectivity index (χ1v) is 8.67. The van der Waals surface area contributed by atoms with Crippen LogP contribution >= 0.6 is 0 Å². The molecule has 2 heteroatoms. The predicted octanol–water partition coefficient (Wildman–Crippen LogP) is 5.40. The van der Waals surface area contributed by atoms with Crippen LogP contribution in [0.15, 0.2) is 30.5 Å². The molecule has 1 aromatic heterocycles. The monoisotopic (exact) mass is 286 g/mol. The number of aromatic amines is 1. The van der Waals surface area contributed by atoms with E-state index in [0.717, 1.165) is 13.1 Å². The number of aromatic nitrogens is 1. The van der Waals surface area contributed by atoms with Gasteiger partial charge in [0.2, 0.25) is 0 Å². The Morgan fingerprint density at radius 3 is 2.48 bits per heavy atom. The summed E-state index contributed by atoms with van der Waals surface area (Å²) >= 11 is 0. The molecule has 2 N–H and O–H groups in total. The molecule has 0 amide bonds. The van der Waals surface area contributed by atoms with E-state index in [9.17, 15) is 0 Å². The van der Waals surface area contributed by atoms with Gasteiger partial charge in [-0.2, -0.15) is 0 Å². The van der Waals surface area contributed by atoms with Gasteiger partial charge in [-0.05, 0) is 30.0 Å². The largest absolute Gasteiger partial charge is 0.361 e. The van der Waals surface area contributed by atoms with Crippen LogP contribution in [0.25, 0.3) is 10.9 Å². The SMILES string of the molecule is CCCCCCCCCCNCc1cccc2cc[nH]c12. The number of H-pyrrole nitrogens is 1. The van der Waals surface area contributed by atoms with Crippen LogP contribution < -0.4 is 5.32 Å². The Morgan fingerprint density at radius 1 is 0.905 bits per heavy atom. The molecule has 2 rings (SSSR count). The van der Waals surface area contributed by atoms with E-state index in [1.165, 1.54) is 67.8 Å². The highest BCUT2D eigenvalue weighted by atomic mass is 14.8. The molecule has 2 nitrogen and oxygen atoms in total. The van der Waals surface area contributed by atoms with Gasteiger partial charge in [0.25, 0.3) is 0 Å². The molecule has 0 atom stereocenters. The first kappa shape index (κ1) is 16.1. The molecule has 0 saturated carbocycles. The standard InChI is InChI=1S/C19H30N2/c1-2-3-4-5-6-7-8-9-14-20-16-18-12-10-11-17-13-15-21-19(17)18/h10-13,15,20-21H,2-9,14,16H2,1H3. The van der Waals surface area contributed by atoms with E-state index in [2.05, 4.69) is 41.5 Å². The Morgan fingerprint density at radius 2 is 1.67 bits per heavy atom. The van der Waals surface area contributed by atoms with Crippen molar-refractivity contribution in [1.82, 2.24) is 10.3 Å². The minimum absolute atomic E-state index is 0.967. The quantitative estimate of drug-likeness (QED) is 0.532. The third-order valence-corrected chi connectivity index (χ3v) is 4.20. The Kier molecular flexibility index (Phi) is 7.37. The normalized spacial score (nSPS) is 11.3. The third-order valence-electron chi connectivity index (χ3n) is 4.20. The predicted molar refractivity (Wildman–Crippen MR) is 92.6 cm³/mol. The van der Waals surface area contributed by atoms with Crippen LogP contribution in [0.4, 0.5) is 0 Å². The summed E-state index contributed by atoms with van der Waals surface area (Å²) in [6.45, 7) is 4.37. The molecule has 0 saturated heterocycles. The number of hydrogen-bond donors (Lipinski definition) is 2. The molecule has 1 heterocycles. The lowest BCUT2D eigenvalue weighted by atomic mass is 10.1. The van der Waals surface area contributed by atoms with Gasteiger partial charge in [0.05, 0.1) is 0 Å². The lowest BCUT2D eigenvalue weighted by Gasteiger charge is -2.06. The van der Waals surface area contributed by atoms with Gasteiger partial charge in [-0.1, -0.05) is 70.1 Å². The second-order valence-corrected chi connectivity index (χ2v) is 6.01. The van der Waals surface area contributed by atoms with Gasteiger partial charge >= 0.3 is 0 Å². The average Bonchev–Trinajstić information content (AvgIpc) is 2.98. The molecule has 2 aromatic rings. The molecule has 0 spiro atoms. The van der Waals surface area contributed by atoms with Crippen LogP contribution in [0.3, 0.4) is 0 Å². The van der Waals surface area contributed by atoms with Gasteiger partial charge in [-0.3, -0.25) is 0 Å². The Hall–Kier alpha value is -1.28. The van der Waals surface area contributed by atoms with Crippen LogP contribution in [-0.2, 0) is 6.54 Å². The second-order valence-electron chi connectivity index (χ2n) is 6.01. The smallest absolute Gasteiger partial charge is 0.0499 e. The van der Waals surface area contributed by atoms with Crippen LogP contribution in [0.5, 0.6) is 0 Å². The number of unbranched alkanes of at least 4 members (excludes halogenated alkanes) is 7. The van der Waals surface area contributed by atoms with Gasteiger partial charge in [-0.15, -0.1) is 0 Å². The lowest BCUT2D eigenvalue weighted by molar-refractivity contribution is 0.555. The van der Waals surface area contributed by atoms with Crippen molar-refractivity contribution >= 4 is 10.9 Å². The number of hydrogen-bond acceptors (Lipinski definition) is 1. The molecule has 116 valence electrons. The second kappa shape index (κ2) is 9.62. The fraction of sp³-hybridized carbons (Fsp3) is 0.579. The van der Waals surface area contributed by atoms with Gasteiger partial charge in [0.15, 0.2) is 0 Å². The topological polar surface area (TPSA) is 27.8 Å². The molecule has 0 aliphatic heterocycles. The molecule has 0 bridgehead atoms. The fourth-order valence-electron chi connectivity index (χ4n) is 2.90. The van der Waals surface area contributed by atoms with E-state index < -0.39 is 0 Å². The number of nitrogens with one attached hydrogen (secondary N) is 2. The molecule has 0 fully saturated rings. The van der Waals surface area contributed by atoms with E-state index in [1.54, 1.807) is 0 Å². The van der Waals surface area contributed by atoms with Gasteiger partial charge < -0.3 is 10.3 Å². The summed E-state index contributed by atoms with van der Waals surface area (Å²) in [6.07, 6.45) is 13.1. The molecular formula is C19H30N2. The summed E-state index contributed by atoms with van der Waals surface area (Å²) in [7, 11) is 0. The van der Waals surface area contributed by atoms with Crippen molar-refractivity contribution in [2.75, 3.05) is 6.54 Å². The first-order valence-electron chi connectivity index (χ1n) is 8.67. The Bertz CT molecular complexity index is 501. The summed E-state index contributed by atoms with van der Waals surface area (Å²) in [5, 5.41) is 4.88. The zero-order valence-electron chi connectivity index (χ0n) is 13.5. The summed E-state index contributed by atoms with van der Waals surface area (Å²) in [6, 6.07) is 8.65. The maximum Gasteiger partial charge on any atom is 0.0499 e. The van der Waals surface area contributed by atoms with Crippen molar-refractivity contribution < 1.29 is 0 Å². The highest BCUT2D eigenvalue weighted by molar-refractivity contribution is 5.82. The Labute approximate surface area is 129 Å². The van der Waals surface area contributed by atoms with Crippen LogP contribution in [0.2, 0.25) is 0 Å². The van der Waals surface area contributed by atoms with Crippen LogP contribution in [0, 0.1) is 0 Å². The number of para-hydroxylation sites is 1. The minimum Gasteiger partial charge on any atom is -0.361 e. The Balaban J connectivity index is 1.53. The van der Waals surface area contributed by atoms with Crippen molar-refractivity contribution in [3.05, 3.63) is 36.0 Å². The van der Waals surface area contributed by atoms with Crippen LogP contribution in [0.1, 0.15) is 63.9 Å². The van der Waals surface area contributed by atoms with Crippen molar-refractivity contribution in [2.45, 2.75) is 64.8 Å². The van der Waals surface area contributed by atoms with Crippen molar-refractivity contribution in [3.8, 4) is 0 Å². The summed E-state index contributed by atoms with van der Waals surface area (Å²) in [4.78, 5) is 3.33. The first-order chi connectivity index (χ1) is 10.4. The lowest BCUT2D eigenvalue weighted by Crippen LogP contribution is -2.14. The highest BCUT2D eigenvalue weighted by Gasteiger charge is 2.00. The van der Waals surface area contributed by atoms with E-state index in [4.69, 9.17) is 0 Å². The molecule has 0 radical (unpaired) electrons. The molecule has 0 aliphatic carbocycles. The zero-order valence-corrected chi connectivity index (χ0v) is 13.5. The number of fused-ring (bicyclic) bond motifs is 1. The number of benzene rings is 1. The maximum absolute atomic E-state index is 3.57. The molecule has 0 aliphatic rings. The van der Waals surface area contributed by atoms with Crippen molar-refractivity contribution in [1.29, 1.82) is 0 Å². The zero-order chi connectivity index (χ0) is 14.8. The molecule has 1 aromatic carbocycles. The van der Waals surface area contributed by atoms with Gasteiger partial charge in [0.1, 0.15) is 0 Å². The highest BCUT2D eigenvalue weighted by Crippen LogP contribution is 2.16. The molecular weight excluding hydrogens is 256 g/mol.